The van der Waals surface area contributed by atoms with E-state index in [-0.39, 0.29) is 10.8 Å². The maximum Gasteiger partial charge on any atom is 0.296 e. The lowest BCUT2D eigenvalue weighted by molar-refractivity contribution is -0.117. The van der Waals surface area contributed by atoms with Gasteiger partial charge in [-0.15, -0.1) is 10.2 Å². The van der Waals surface area contributed by atoms with Crippen LogP contribution in [0.15, 0.2) is 38.3 Å². The Hall–Kier alpha value is -2.15. The van der Waals surface area contributed by atoms with Gasteiger partial charge in [0.15, 0.2) is 6.29 Å². The largest absolute Gasteiger partial charge is 0.296 e. The molecule has 1 aromatic rings. The van der Waals surface area contributed by atoms with Crippen molar-refractivity contribution in [2.75, 3.05) is 0 Å². The summed E-state index contributed by atoms with van der Waals surface area (Å²) in [7, 11) is -3.94. The van der Waals surface area contributed by atoms with E-state index in [1.807, 2.05) is 5.43 Å². The van der Waals surface area contributed by atoms with Gasteiger partial charge in [-0.1, -0.05) is 17.4 Å². The quantitative estimate of drug-likeness (QED) is 0.340. The number of sulfonamides is 1. The standard InChI is InChI=1S/C10H11N7O3S2/c11-9-14-6-3-5(8(18)15-12)1-2-7(6)17(9)22(19,20)10-16-13-4-21-10/h2-4,9H,1,11-12H2,(H,15,18). The third-order valence-electron chi connectivity index (χ3n) is 3.08. The van der Waals surface area contributed by atoms with Crippen LogP contribution in [0.3, 0.4) is 0 Å². The lowest BCUT2D eigenvalue weighted by atomic mass is 10.0. The Kier molecular flexibility index (Phi) is 3.52. The zero-order chi connectivity index (χ0) is 15.9. The maximum absolute atomic E-state index is 12.6. The molecule has 0 bridgehead atoms. The minimum Gasteiger partial charge on any atom is -0.292 e. The number of carbonyl (C=O) groups is 1. The number of hydrogen-bond acceptors (Lipinski definition) is 9. The van der Waals surface area contributed by atoms with Crippen LogP contribution in [-0.2, 0) is 14.8 Å². The minimum absolute atomic E-state index is 0.172. The van der Waals surface area contributed by atoms with Crippen molar-refractivity contribution in [1.29, 1.82) is 0 Å². The van der Waals surface area contributed by atoms with Crippen molar-refractivity contribution < 1.29 is 13.2 Å². The summed E-state index contributed by atoms with van der Waals surface area (Å²) in [5, 5.41) is 7.09. The van der Waals surface area contributed by atoms with Gasteiger partial charge in [-0.3, -0.25) is 16.0 Å². The fourth-order valence-corrected chi connectivity index (χ4v) is 4.35. The van der Waals surface area contributed by atoms with Crippen LogP contribution in [0.2, 0.25) is 0 Å². The number of amides is 1. The van der Waals surface area contributed by atoms with E-state index in [2.05, 4.69) is 15.2 Å². The van der Waals surface area contributed by atoms with Crippen molar-refractivity contribution in [1.82, 2.24) is 19.9 Å². The number of aliphatic imine (C=N–C) groups is 1. The van der Waals surface area contributed by atoms with Crippen LogP contribution in [0.5, 0.6) is 0 Å². The predicted molar refractivity (Wildman–Crippen MR) is 77.5 cm³/mol. The zero-order valence-electron chi connectivity index (χ0n) is 11.0. The number of hydrazine groups is 1. The molecule has 0 fully saturated rings. The van der Waals surface area contributed by atoms with Crippen LogP contribution in [0.25, 0.3) is 0 Å². The lowest BCUT2D eigenvalue weighted by Gasteiger charge is -2.23. The van der Waals surface area contributed by atoms with Crippen LogP contribution >= 0.6 is 11.3 Å². The van der Waals surface area contributed by atoms with E-state index in [1.165, 1.54) is 11.6 Å². The van der Waals surface area contributed by atoms with Crippen molar-refractivity contribution in [2.45, 2.75) is 17.1 Å². The highest BCUT2D eigenvalue weighted by Gasteiger charge is 2.40. The second-order valence-electron chi connectivity index (χ2n) is 4.37. The summed E-state index contributed by atoms with van der Waals surface area (Å²) in [6.07, 6.45) is 2.13. The van der Waals surface area contributed by atoms with Crippen LogP contribution in [0.4, 0.5) is 0 Å². The fraction of sp³-hybridized carbons (Fsp3) is 0.200. The smallest absolute Gasteiger partial charge is 0.292 e. The van der Waals surface area contributed by atoms with Crippen molar-refractivity contribution in [2.24, 2.45) is 16.6 Å². The van der Waals surface area contributed by atoms with E-state index in [0.29, 0.717) is 17.0 Å². The Labute approximate surface area is 129 Å². The summed E-state index contributed by atoms with van der Waals surface area (Å²) in [6.45, 7) is 0. The first-order valence-corrected chi connectivity index (χ1v) is 8.33. The Morgan fingerprint density at radius 2 is 2.27 bits per heavy atom. The maximum atomic E-state index is 12.6. The van der Waals surface area contributed by atoms with Crippen molar-refractivity contribution in [3.8, 4) is 0 Å². The molecule has 1 atom stereocenters. The zero-order valence-corrected chi connectivity index (χ0v) is 12.6. The summed E-state index contributed by atoms with van der Waals surface area (Å²) in [4.78, 5) is 15.6. The second-order valence-corrected chi connectivity index (χ2v) is 7.19. The highest BCUT2D eigenvalue weighted by molar-refractivity contribution is 7.91. The van der Waals surface area contributed by atoms with Gasteiger partial charge in [0, 0.05) is 5.57 Å². The van der Waals surface area contributed by atoms with Crippen LogP contribution in [0.1, 0.15) is 6.42 Å². The van der Waals surface area contributed by atoms with E-state index in [1.54, 1.807) is 6.08 Å². The summed E-state index contributed by atoms with van der Waals surface area (Å²) in [6, 6.07) is 0. The molecule has 1 aromatic heterocycles. The summed E-state index contributed by atoms with van der Waals surface area (Å²) in [5.41, 5.74) is 10.1. The molecule has 0 spiro atoms. The van der Waals surface area contributed by atoms with Gasteiger partial charge in [0.25, 0.3) is 20.3 Å². The molecule has 22 heavy (non-hydrogen) atoms. The average molecular weight is 341 g/mol. The van der Waals surface area contributed by atoms with Gasteiger partial charge in [0.05, 0.1) is 11.4 Å². The number of aromatic nitrogens is 2. The van der Waals surface area contributed by atoms with E-state index in [4.69, 9.17) is 11.6 Å². The molecule has 10 nitrogen and oxygen atoms in total. The first-order chi connectivity index (χ1) is 10.4. The average Bonchev–Trinajstić information content (AvgIpc) is 3.12. The molecule has 12 heteroatoms. The van der Waals surface area contributed by atoms with Crippen molar-refractivity contribution in [3.63, 3.8) is 0 Å². The van der Waals surface area contributed by atoms with Gasteiger partial charge >= 0.3 is 0 Å². The lowest BCUT2D eigenvalue weighted by Crippen LogP contribution is -2.41. The number of hydrogen-bond donors (Lipinski definition) is 3. The molecule has 0 saturated heterocycles. The number of nitrogens with zero attached hydrogens (tertiary/aromatic N) is 4. The minimum atomic E-state index is -3.94. The van der Waals surface area contributed by atoms with E-state index >= 15 is 0 Å². The molecule has 3 rings (SSSR count). The number of carbonyl (C=O) groups excluding carboxylic acids is 1. The van der Waals surface area contributed by atoms with Gasteiger partial charge in [-0.25, -0.2) is 15.1 Å². The highest BCUT2D eigenvalue weighted by Crippen LogP contribution is 2.31. The van der Waals surface area contributed by atoms with E-state index in [0.717, 1.165) is 15.6 Å². The third-order valence-corrected chi connectivity index (χ3v) is 5.94. The van der Waals surface area contributed by atoms with Gasteiger partial charge in [-0.2, -0.15) is 8.42 Å². The van der Waals surface area contributed by atoms with Crippen molar-refractivity contribution >= 4 is 33.0 Å². The van der Waals surface area contributed by atoms with Crippen LogP contribution in [-0.4, -0.2) is 40.8 Å². The third kappa shape index (κ3) is 2.21. The molecule has 116 valence electrons. The molecular weight excluding hydrogens is 330 g/mol. The van der Waals surface area contributed by atoms with Crippen LogP contribution < -0.4 is 17.0 Å². The fourth-order valence-electron chi connectivity index (χ4n) is 2.13. The van der Waals surface area contributed by atoms with Gasteiger partial charge in [0.2, 0.25) is 0 Å². The molecular formula is C10H11N7O3S2. The first kappa shape index (κ1) is 14.8. The molecule has 1 unspecified atom stereocenters. The molecule has 0 radical (unpaired) electrons. The molecule has 0 aromatic carbocycles. The van der Waals surface area contributed by atoms with Gasteiger partial charge in [0.1, 0.15) is 5.51 Å². The predicted octanol–water partition coefficient (Wildman–Crippen LogP) is -1.57. The Balaban J connectivity index is 1.97. The molecule has 1 amide bonds. The molecule has 0 saturated carbocycles. The topological polar surface area (TPSA) is 157 Å². The first-order valence-electron chi connectivity index (χ1n) is 6.01. The van der Waals surface area contributed by atoms with Gasteiger partial charge in [-0.05, 0) is 12.5 Å². The molecule has 5 N–H and O–H groups in total. The van der Waals surface area contributed by atoms with Gasteiger partial charge < -0.3 is 0 Å². The number of nitrogens with one attached hydrogen (secondary N) is 1. The van der Waals surface area contributed by atoms with E-state index < -0.39 is 22.2 Å². The molecule has 2 heterocycles. The SMILES string of the molecule is NNC(=O)C1=CC2=NC(N)N(S(=O)(=O)c3nncs3)C2=CC1. The Bertz CT molecular complexity index is 810. The number of allylic oxidation sites excluding steroid dienone is 2. The number of fused-ring (bicyclic) bond motifs is 1. The van der Waals surface area contributed by atoms with Crippen molar-refractivity contribution in [3.05, 3.63) is 28.9 Å². The normalized spacial score (nSPS) is 20.9. The van der Waals surface area contributed by atoms with Crippen LogP contribution in [0, 0.1) is 0 Å². The number of rotatable bonds is 3. The molecule has 1 aliphatic heterocycles. The summed E-state index contributed by atoms with van der Waals surface area (Å²) >= 11 is 0.886. The van der Waals surface area contributed by atoms with E-state index in [9.17, 15) is 13.2 Å². The Morgan fingerprint density at radius 1 is 1.50 bits per heavy atom. The monoisotopic (exact) mass is 341 g/mol. The second kappa shape index (κ2) is 5.24. The molecule has 2 aliphatic rings. The highest BCUT2D eigenvalue weighted by atomic mass is 32.2. The summed E-state index contributed by atoms with van der Waals surface area (Å²) in [5.74, 6) is 4.62. The summed E-state index contributed by atoms with van der Waals surface area (Å²) < 4.78 is 25.9. The number of nitrogens with two attached hydrogens (primary N) is 2. The molecule has 1 aliphatic carbocycles. The Morgan fingerprint density at radius 3 is 2.91 bits per heavy atom.